The number of nitrogens with zero attached hydrogens (tertiary/aromatic N) is 1. The number of para-hydroxylation sites is 3. The van der Waals surface area contributed by atoms with E-state index in [2.05, 4.69) is 205 Å². The van der Waals surface area contributed by atoms with E-state index in [9.17, 15) is 0 Å². The molecular formula is C58H37NO2. The van der Waals surface area contributed by atoms with E-state index in [0.717, 1.165) is 105 Å². The molecule has 3 nitrogen and oxygen atoms in total. The predicted octanol–water partition coefficient (Wildman–Crippen LogP) is 16.8. The highest BCUT2D eigenvalue weighted by atomic mass is 16.3. The quantitative estimate of drug-likeness (QED) is 0.161. The minimum Gasteiger partial charge on any atom is -0.456 e. The fourth-order valence-electron chi connectivity index (χ4n) is 9.02. The predicted molar refractivity (Wildman–Crippen MR) is 255 cm³/mol. The monoisotopic (exact) mass is 779 g/mol. The average Bonchev–Trinajstić information content (AvgIpc) is 3.90. The second-order valence-corrected chi connectivity index (χ2v) is 15.7. The molecule has 0 aliphatic carbocycles. The Kier molecular flexibility index (Phi) is 8.17. The molecule has 10 aromatic carbocycles. The summed E-state index contributed by atoms with van der Waals surface area (Å²) in [7, 11) is 0. The van der Waals surface area contributed by atoms with Gasteiger partial charge in [-0.3, -0.25) is 0 Å². The van der Waals surface area contributed by atoms with Crippen molar-refractivity contribution in [2.45, 2.75) is 0 Å². The van der Waals surface area contributed by atoms with Gasteiger partial charge in [-0.1, -0.05) is 146 Å². The van der Waals surface area contributed by atoms with E-state index in [1.807, 2.05) is 24.3 Å². The number of fused-ring (bicyclic) bond motifs is 7. The van der Waals surface area contributed by atoms with E-state index in [-0.39, 0.29) is 0 Å². The van der Waals surface area contributed by atoms with Gasteiger partial charge in [0.2, 0.25) is 0 Å². The first-order chi connectivity index (χ1) is 30.2. The second kappa shape index (κ2) is 14.3. The molecule has 2 aromatic heterocycles. The van der Waals surface area contributed by atoms with Crippen molar-refractivity contribution < 1.29 is 8.83 Å². The minimum absolute atomic E-state index is 0.877. The summed E-state index contributed by atoms with van der Waals surface area (Å²) < 4.78 is 12.7. The summed E-state index contributed by atoms with van der Waals surface area (Å²) >= 11 is 0. The lowest BCUT2D eigenvalue weighted by atomic mass is 9.90. The molecule has 0 N–H and O–H groups in total. The first kappa shape index (κ1) is 34.9. The summed E-state index contributed by atoms with van der Waals surface area (Å²) in [6.07, 6.45) is 0. The highest BCUT2D eigenvalue weighted by Crippen LogP contribution is 2.42. The number of anilines is 3. The molecule has 0 spiro atoms. The van der Waals surface area contributed by atoms with E-state index in [1.165, 1.54) is 10.8 Å². The molecule has 286 valence electrons. The lowest BCUT2D eigenvalue weighted by molar-refractivity contribution is 0.668. The first-order valence-electron chi connectivity index (χ1n) is 20.7. The normalized spacial score (nSPS) is 11.6. The summed E-state index contributed by atoms with van der Waals surface area (Å²) in [4.78, 5) is 2.34. The van der Waals surface area contributed by atoms with Crippen LogP contribution in [0.4, 0.5) is 17.1 Å². The molecule has 0 radical (unpaired) electrons. The number of hydrogen-bond acceptors (Lipinski definition) is 3. The van der Waals surface area contributed by atoms with Gasteiger partial charge in [0.05, 0.1) is 0 Å². The molecule has 61 heavy (non-hydrogen) atoms. The van der Waals surface area contributed by atoms with Crippen LogP contribution < -0.4 is 4.90 Å². The summed E-state index contributed by atoms with van der Waals surface area (Å²) in [5.41, 5.74) is 15.9. The second-order valence-electron chi connectivity index (χ2n) is 15.7. The lowest BCUT2D eigenvalue weighted by Crippen LogP contribution is -2.09. The Hall–Kier alpha value is -8.14. The van der Waals surface area contributed by atoms with E-state index in [0.29, 0.717) is 0 Å². The maximum Gasteiger partial charge on any atom is 0.136 e. The van der Waals surface area contributed by atoms with Crippen molar-refractivity contribution in [1.82, 2.24) is 0 Å². The topological polar surface area (TPSA) is 29.5 Å². The SMILES string of the molecule is c1ccc(N(c2cccc(-c3ccc(-c4ccc(-c5ccc6c(c5)oc5ccccc56)cc4-c4ccc5c(c4)oc4ccccc45)cc3)c2)c2ccc3ccccc3c2)cc1. The van der Waals surface area contributed by atoms with Gasteiger partial charge in [0.25, 0.3) is 0 Å². The van der Waals surface area contributed by atoms with Crippen molar-refractivity contribution in [2.24, 2.45) is 0 Å². The molecule has 12 rings (SSSR count). The van der Waals surface area contributed by atoms with Crippen molar-refractivity contribution in [1.29, 1.82) is 0 Å². The van der Waals surface area contributed by atoms with Crippen molar-refractivity contribution in [3.05, 3.63) is 224 Å². The number of furan rings is 2. The number of rotatable bonds is 7. The van der Waals surface area contributed by atoms with Gasteiger partial charge in [-0.05, 0) is 134 Å². The molecular weight excluding hydrogens is 743 g/mol. The molecule has 0 aliphatic heterocycles. The third-order valence-corrected chi connectivity index (χ3v) is 12.1. The van der Waals surface area contributed by atoms with Crippen LogP contribution in [0.15, 0.2) is 233 Å². The Balaban J connectivity index is 0.944. The minimum atomic E-state index is 0.877. The maximum absolute atomic E-state index is 6.40. The number of hydrogen-bond donors (Lipinski definition) is 0. The zero-order valence-corrected chi connectivity index (χ0v) is 33.1. The zero-order chi connectivity index (χ0) is 40.3. The van der Waals surface area contributed by atoms with Crippen LogP contribution in [0.25, 0.3) is 99.2 Å². The molecule has 0 saturated carbocycles. The molecule has 0 bridgehead atoms. The largest absolute Gasteiger partial charge is 0.456 e. The van der Waals surface area contributed by atoms with E-state index in [1.54, 1.807) is 0 Å². The van der Waals surface area contributed by atoms with Gasteiger partial charge < -0.3 is 13.7 Å². The fraction of sp³-hybridized carbons (Fsp3) is 0. The third kappa shape index (κ3) is 6.14. The summed E-state index contributed by atoms with van der Waals surface area (Å²) in [5.74, 6) is 0. The van der Waals surface area contributed by atoms with Crippen molar-refractivity contribution in [2.75, 3.05) is 4.90 Å². The van der Waals surface area contributed by atoms with Gasteiger partial charge in [-0.25, -0.2) is 0 Å². The van der Waals surface area contributed by atoms with Gasteiger partial charge in [0.15, 0.2) is 0 Å². The van der Waals surface area contributed by atoms with E-state index in [4.69, 9.17) is 8.83 Å². The third-order valence-electron chi connectivity index (χ3n) is 12.1. The van der Waals surface area contributed by atoms with Crippen LogP contribution in [0.2, 0.25) is 0 Å². The van der Waals surface area contributed by atoms with Crippen molar-refractivity contribution in [3.63, 3.8) is 0 Å². The zero-order valence-electron chi connectivity index (χ0n) is 33.1. The van der Waals surface area contributed by atoms with Gasteiger partial charge >= 0.3 is 0 Å². The number of benzene rings is 10. The smallest absolute Gasteiger partial charge is 0.136 e. The maximum atomic E-state index is 6.40. The summed E-state index contributed by atoms with van der Waals surface area (Å²) in [5, 5.41) is 6.94. The molecule has 0 amide bonds. The highest BCUT2D eigenvalue weighted by molar-refractivity contribution is 6.07. The first-order valence-corrected chi connectivity index (χ1v) is 20.7. The van der Waals surface area contributed by atoms with Crippen LogP contribution in [0, 0.1) is 0 Å². The molecule has 12 aromatic rings. The summed E-state index contributed by atoms with van der Waals surface area (Å²) in [6, 6.07) is 80.1. The molecule has 0 aliphatic rings. The Bertz CT molecular complexity index is 3600. The van der Waals surface area contributed by atoms with Crippen LogP contribution in [-0.2, 0) is 0 Å². The van der Waals surface area contributed by atoms with Crippen LogP contribution in [-0.4, -0.2) is 0 Å². The summed E-state index contributed by atoms with van der Waals surface area (Å²) in [6.45, 7) is 0. The van der Waals surface area contributed by atoms with E-state index >= 15 is 0 Å². The van der Waals surface area contributed by atoms with Crippen molar-refractivity contribution >= 4 is 71.7 Å². The van der Waals surface area contributed by atoms with Crippen LogP contribution in [0.5, 0.6) is 0 Å². The average molecular weight is 780 g/mol. The Morgan fingerprint density at radius 3 is 1.52 bits per heavy atom. The Morgan fingerprint density at radius 2 is 0.770 bits per heavy atom. The fourth-order valence-corrected chi connectivity index (χ4v) is 9.02. The molecule has 3 heteroatoms. The Labute approximate surface area is 353 Å². The van der Waals surface area contributed by atoms with Gasteiger partial charge in [-0.15, -0.1) is 0 Å². The van der Waals surface area contributed by atoms with Gasteiger partial charge in [-0.2, -0.15) is 0 Å². The van der Waals surface area contributed by atoms with Gasteiger partial charge in [0, 0.05) is 38.6 Å². The molecule has 2 heterocycles. The molecule has 0 saturated heterocycles. The lowest BCUT2D eigenvalue weighted by Gasteiger charge is -2.26. The molecule has 0 atom stereocenters. The van der Waals surface area contributed by atoms with Crippen LogP contribution in [0.3, 0.4) is 0 Å². The molecule has 0 fully saturated rings. The van der Waals surface area contributed by atoms with E-state index < -0.39 is 0 Å². The van der Waals surface area contributed by atoms with Crippen LogP contribution in [0.1, 0.15) is 0 Å². The Morgan fingerprint density at radius 1 is 0.246 bits per heavy atom. The standard InChI is InChI=1S/C58H37NO2/c1-2-14-46(15-3-1)59(48-29-25-38-11-4-5-12-41(38)34-48)47-16-10-13-42(33-47)39-21-23-40(24-22-39)49-30-26-43(44-27-31-52-50-17-6-8-19-55(50)60-57(52)36-44)35-54(49)45-28-32-53-51-18-7-9-20-56(51)61-58(53)37-45/h1-37H. The van der Waals surface area contributed by atoms with Crippen molar-refractivity contribution in [3.8, 4) is 44.5 Å². The van der Waals surface area contributed by atoms with Gasteiger partial charge in [0.1, 0.15) is 22.3 Å². The van der Waals surface area contributed by atoms with Crippen LogP contribution >= 0.6 is 0 Å². The molecule has 0 unspecified atom stereocenters. The highest BCUT2D eigenvalue weighted by Gasteiger charge is 2.17.